The van der Waals surface area contributed by atoms with Crippen molar-refractivity contribution in [2.45, 2.75) is 44.4 Å². The summed E-state index contributed by atoms with van der Waals surface area (Å²) in [6.45, 7) is 0. The first-order valence-corrected chi connectivity index (χ1v) is 9.59. The lowest BCUT2D eigenvalue weighted by atomic mass is 9.89. The number of nitrogens with zero attached hydrogens (tertiary/aromatic N) is 2. The van der Waals surface area contributed by atoms with Crippen molar-refractivity contribution in [1.82, 2.24) is 15.7 Å². The number of carboxylic acid groups (broad SMARTS) is 1. The van der Waals surface area contributed by atoms with Crippen LogP contribution in [0.15, 0.2) is 36.5 Å². The van der Waals surface area contributed by atoms with Crippen molar-refractivity contribution >= 4 is 17.5 Å². The Hall–Kier alpha value is -2.67. The van der Waals surface area contributed by atoms with E-state index < -0.39 is 5.97 Å². The Kier molecular flexibility index (Phi) is 5.20. The van der Waals surface area contributed by atoms with Gasteiger partial charge in [-0.1, -0.05) is 12.1 Å². The molecule has 7 nitrogen and oxygen atoms in total. The third-order valence-corrected chi connectivity index (χ3v) is 5.80. The second-order valence-corrected chi connectivity index (χ2v) is 7.60. The van der Waals surface area contributed by atoms with Gasteiger partial charge >= 0.3 is 5.97 Å². The van der Waals surface area contributed by atoms with Gasteiger partial charge in [0, 0.05) is 5.56 Å². The highest BCUT2D eigenvalue weighted by Gasteiger charge is 2.29. The zero-order valence-electron chi connectivity index (χ0n) is 15.2. The molecule has 1 aromatic carbocycles. The molecule has 0 spiro atoms. The molecule has 1 aromatic heterocycles. The maximum Gasteiger partial charge on any atom is 0.306 e. The van der Waals surface area contributed by atoms with Crippen LogP contribution in [0.25, 0.3) is 0 Å². The van der Waals surface area contributed by atoms with Gasteiger partial charge in [-0.25, -0.2) is 0 Å². The number of aliphatic carboxylic acids is 1. The second kappa shape index (κ2) is 7.92. The predicted octanol–water partition coefficient (Wildman–Crippen LogP) is 3.34. The molecule has 142 valence electrons. The summed E-state index contributed by atoms with van der Waals surface area (Å²) >= 11 is 0. The van der Waals surface area contributed by atoms with Crippen LogP contribution < -0.4 is 16.4 Å². The summed E-state index contributed by atoms with van der Waals surface area (Å²) < 4.78 is 0. The number of anilines is 2. The largest absolute Gasteiger partial charge is 0.481 e. The molecule has 1 saturated carbocycles. The Balaban J connectivity index is 1.61. The summed E-state index contributed by atoms with van der Waals surface area (Å²) in [7, 11) is 0. The molecule has 0 amide bonds. The molecule has 1 fully saturated rings. The fraction of sp³-hybridized carbons (Fsp3) is 0.450. The minimum atomic E-state index is -0.701. The van der Waals surface area contributed by atoms with Gasteiger partial charge in [0.05, 0.1) is 17.8 Å². The number of fused-ring (bicyclic) bond motifs is 6. The summed E-state index contributed by atoms with van der Waals surface area (Å²) in [5.74, 6) is 0.705. The van der Waals surface area contributed by atoms with Gasteiger partial charge in [0.1, 0.15) is 0 Å². The molecule has 1 aliphatic heterocycles. The van der Waals surface area contributed by atoms with Gasteiger partial charge in [0.15, 0.2) is 5.82 Å². The summed E-state index contributed by atoms with van der Waals surface area (Å²) in [4.78, 5) is 11.8. The fourth-order valence-corrected chi connectivity index (χ4v) is 4.36. The van der Waals surface area contributed by atoms with Gasteiger partial charge < -0.3 is 10.5 Å². The number of benzene rings is 1. The maximum atomic E-state index is 11.8. The Bertz CT molecular complexity index is 812. The van der Waals surface area contributed by atoms with Crippen LogP contribution in [0.1, 0.15) is 49.1 Å². The van der Waals surface area contributed by atoms with E-state index in [1.807, 2.05) is 30.3 Å². The standard InChI is InChI=1S/C20H25N5O2/c26-20(27)16-7-5-13-4-6-15(10-13)18-8-9-21-23-19(18)24-25-22-17-3-1-2-14(11-16)12-17/h1-3,8-9,12-13,15-16,22,25H,4-7,10-11H2,(H,23,24)(H,26,27). The summed E-state index contributed by atoms with van der Waals surface area (Å²) in [6, 6.07) is 9.87. The number of rotatable bonds is 1. The lowest BCUT2D eigenvalue weighted by Gasteiger charge is -2.17. The number of hydrogen-bond acceptors (Lipinski definition) is 6. The molecule has 3 unspecified atom stereocenters. The van der Waals surface area contributed by atoms with Crippen LogP contribution in [0.3, 0.4) is 0 Å². The van der Waals surface area contributed by atoms with Gasteiger partial charge in [0.2, 0.25) is 0 Å². The van der Waals surface area contributed by atoms with Gasteiger partial charge in [-0.05, 0) is 74.1 Å². The number of aromatic nitrogens is 2. The molecule has 1 aliphatic carbocycles. The van der Waals surface area contributed by atoms with Crippen LogP contribution in [0.4, 0.5) is 11.5 Å². The van der Waals surface area contributed by atoms with Gasteiger partial charge in [-0.3, -0.25) is 10.2 Å². The number of hydrogen-bond donors (Lipinski definition) is 4. The van der Waals surface area contributed by atoms with Gasteiger partial charge in [-0.2, -0.15) is 5.10 Å². The van der Waals surface area contributed by atoms with E-state index in [-0.39, 0.29) is 5.92 Å². The van der Waals surface area contributed by atoms with E-state index in [1.54, 1.807) is 6.20 Å². The molecule has 27 heavy (non-hydrogen) atoms. The molecule has 2 heterocycles. The normalized spacial score (nSPS) is 25.3. The number of hydrazine groups is 2. The summed E-state index contributed by atoms with van der Waals surface area (Å²) in [5.41, 5.74) is 12.3. The van der Waals surface area contributed by atoms with Crippen molar-refractivity contribution in [3.63, 3.8) is 0 Å². The molecule has 4 bridgehead atoms. The summed E-state index contributed by atoms with van der Waals surface area (Å²) in [5, 5.41) is 17.9. The SMILES string of the molecule is O=C(O)C1CCC2CCC(C2)c2ccnnc2NNNc2cccc(c2)C1. The molecule has 4 N–H and O–H groups in total. The van der Waals surface area contributed by atoms with E-state index in [2.05, 4.69) is 26.6 Å². The average Bonchev–Trinajstić information content (AvgIpc) is 3.14. The molecule has 2 aliphatic rings. The van der Waals surface area contributed by atoms with Crippen molar-refractivity contribution in [3.05, 3.63) is 47.7 Å². The first kappa shape index (κ1) is 17.7. The fourth-order valence-electron chi connectivity index (χ4n) is 4.36. The van der Waals surface area contributed by atoms with Crippen molar-refractivity contribution in [2.75, 3.05) is 10.9 Å². The molecule has 0 saturated heterocycles. The molecule has 4 rings (SSSR count). The zero-order chi connectivity index (χ0) is 18.6. The summed E-state index contributed by atoms with van der Waals surface area (Å²) in [6.07, 6.45) is 7.30. The van der Waals surface area contributed by atoms with E-state index in [0.717, 1.165) is 49.2 Å². The van der Waals surface area contributed by atoms with Crippen LogP contribution in [-0.2, 0) is 11.2 Å². The molecule has 7 heteroatoms. The van der Waals surface area contributed by atoms with Crippen LogP contribution in [-0.4, -0.2) is 21.3 Å². The number of nitrogens with one attached hydrogen (secondary N) is 3. The average molecular weight is 367 g/mol. The molecular weight excluding hydrogens is 342 g/mol. The van der Waals surface area contributed by atoms with Crippen molar-refractivity contribution in [3.8, 4) is 0 Å². The lowest BCUT2D eigenvalue weighted by Crippen LogP contribution is -2.29. The predicted molar refractivity (Wildman–Crippen MR) is 103 cm³/mol. The smallest absolute Gasteiger partial charge is 0.306 e. The molecular formula is C20H25N5O2. The highest BCUT2D eigenvalue weighted by Crippen LogP contribution is 2.42. The molecule has 0 radical (unpaired) electrons. The van der Waals surface area contributed by atoms with Gasteiger partial charge in [0.25, 0.3) is 0 Å². The second-order valence-electron chi connectivity index (χ2n) is 7.60. The Morgan fingerprint density at radius 2 is 2.00 bits per heavy atom. The van der Waals surface area contributed by atoms with Crippen molar-refractivity contribution < 1.29 is 9.90 Å². The highest BCUT2D eigenvalue weighted by molar-refractivity contribution is 5.70. The number of carbonyl (C=O) groups is 1. The molecule has 2 aromatic rings. The Labute approximate surface area is 158 Å². The highest BCUT2D eigenvalue weighted by atomic mass is 16.4. The topological polar surface area (TPSA) is 99.2 Å². The van der Waals surface area contributed by atoms with Gasteiger partial charge in [-0.15, -0.1) is 10.6 Å². The van der Waals surface area contributed by atoms with Crippen LogP contribution in [0.5, 0.6) is 0 Å². The minimum Gasteiger partial charge on any atom is -0.481 e. The Morgan fingerprint density at radius 3 is 2.89 bits per heavy atom. The van der Waals surface area contributed by atoms with E-state index in [0.29, 0.717) is 18.3 Å². The van der Waals surface area contributed by atoms with Crippen molar-refractivity contribution in [2.24, 2.45) is 11.8 Å². The lowest BCUT2D eigenvalue weighted by molar-refractivity contribution is -0.142. The third-order valence-electron chi connectivity index (χ3n) is 5.80. The zero-order valence-corrected chi connectivity index (χ0v) is 15.2. The Morgan fingerprint density at radius 1 is 1.11 bits per heavy atom. The monoisotopic (exact) mass is 367 g/mol. The maximum absolute atomic E-state index is 11.8. The van der Waals surface area contributed by atoms with E-state index in [1.165, 1.54) is 5.56 Å². The minimum absolute atomic E-state index is 0.339. The first-order chi connectivity index (χ1) is 13.2. The third kappa shape index (κ3) is 4.19. The van der Waals surface area contributed by atoms with E-state index >= 15 is 0 Å². The first-order valence-electron chi connectivity index (χ1n) is 9.59. The van der Waals surface area contributed by atoms with Crippen molar-refractivity contribution in [1.29, 1.82) is 0 Å². The van der Waals surface area contributed by atoms with E-state index in [4.69, 9.17) is 0 Å². The molecule has 3 atom stereocenters. The van der Waals surface area contributed by atoms with Crippen LogP contribution in [0.2, 0.25) is 0 Å². The number of carboxylic acids is 1. The van der Waals surface area contributed by atoms with Crippen LogP contribution >= 0.6 is 0 Å². The van der Waals surface area contributed by atoms with E-state index in [9.17, 15) is 9.90 Å². The quantitative estimate of drug-likeness (QED) is 0.613. The van der Waals surface area contributed by atoms with Crippen LogP contribution in [0, 0.1) is 11.8 Å².